The second kappa shape index (κ2) is 8.21. The fourth-order valence-electron chi connectivity index (χ4n) is 3.36. The first-order valence-corrected chi connectivity index (χ1v) is 9.70. The molecule has 29 heavy (non-hydrogen) atoms. The van der Waals surface area contributed by atoms with Crippen molar-refractivity contribution in [3.05, 3.63) is 64.8 Å². The number of carbonyl (C=O) groups excluding carboxylic acids is 1. The molecule has 2 heterocycles. The Morgan fingerprint density at radius 1 is 1.31 bits per heavy atom. The van der Waals surface area contributed by atoms with Crippen LogP contribution in [-0.2, 0) is 11.3 Å². The number of aromatic nitrogens is 2. The van der Waals surface area contributed by atoms with E-state index in [0.717, 1.165) is 11.3 Å². The van der Waals surface area contributed by atoms with E-state index >= 15 is 0 Å². The first kappa shape index (κ1) is 19.4. The SMILES string of the molecule is CCOc1cccc(CN2CC(c3nc(-c4ccc(F)c(Cl)c4)no3)CC2=O)c1. The number of likely N-dealkylation sites (tertiary alicyclic amines) is 1. The molecule has 1 atom stereocenters. The highest BCUT2D eigenvalue weighted by molar-refractivity contribution is 6.31. The van der Waals surface area contributed by atoms with E-state index in [1.807, 2.05) is 31.2 Å². The maximum atomic E-state index is 13.4. The van der Waals surface area contributed by atoms with Crippen molar-refractivity contribution in [2.24, 2.45) is 0 Å². The molecular weight excluding hydrogens is 397 g/mol. The quantitative estimate of drug-likeness (QED) is 0.595. The fraction of sp³-hybridized carbons (Fsp3) is 0.286. The summed E-state index contributed by atoms with van der Waals surface area (Å²) in [5.41, 5.74) is 1.55. The smallest absolute Gasteiger partial charge is 0.232 e. The molecule has 8 heteroatoms. The molecule has 1 aromatic heterocycles. The van der Waals surface area contributed by atoms with Crippen LogP contribution in [-0.4, -0.2) is 34.1 Å². The van der Waals surface area contributed by atoms with E-state index in [9.17, 15) is 9.18 Å². The lowest BCUT2D eigenvalue weighted by atomic mass is 10.1. The average Bonchev–Trinajstić information content (AvgIpc) is 3.32. The van der Waals surface area contributed by atoms with Crippen LogP contribution >= 0.6 is 11.6 Å². The Morgan fingerprint density at radius 3 is 2.97 bits per heavy atom. The van der Waals surface area contributed by atoms with Gasteiger partial charge < -0.3 is 14.2 Å². The van der Waals surface area contributed by atoms with E-state index in [1.165, 1.54) is 18.2 Å². The van der Waals surface area contributed by atoms with E-state index < -0.39 is 5.82 Å². The van der Waals surface area contributed by atoms with Crippen molar-refractivity contribution in [2.75, 3.05) is 13.2 Å². The molecule has 6 nitrogen and oxygen atoms in total. The molecule has 3 aromatic rings. The monoisotopic (exact) mass is 415 g/mol. The van der Waals surface area contributed by atoms with Gasteiger partial charge in [0.1, 0.15) is 11.6 Å². The molecule has 0 saturated carbocycles. The molecule has 1 aliphatic rings. The van der Waals surface area contributed by atoms with Gasteiger partial charge in [0.25, 0.3) is 0 Å². The Hall–Kier alpha value is -2.93. The van der Waals surface area contributed by atoms with Gasteiger partial charge in [-0.2, -0.15) is 4.98 Å². The Bertz CT molecular complexity index is 1040. The molecule has 150 valence electrons. The Balaban J connectivity index is 1.46. The number of amides is 1. The minimum atomic E-state index is -0.510. The summed E-state index contributed by atoms with van der Waals surface area (Å²) in [6.45, 7) is 3.50. The molecule has 0 radical (unpaired) electrons. The maximum Gasteiger partial charge on any atom is 0.232 e. The number of carbonyl (C=O) groups is 1. The van der Waals surface area contributed by atoms with Crippen LogP contribution in [0.1, 0.15) is 30.7 Å². The van der Waals surface area contributed by atoms with Gasteiger partial charge in [0.2, 0.25) is 17.6 Å². The van der Waals surface area contributed by atoms with Gasteiger partial charge in [0.15, 0.2) is 0 Å². The van der Waals surface area contributed by atoms with Gasteiger partial charge in [-0.3, -0.25) is 4.79 Å². The number of hydrogen-bond donors (Lipinski definition) is 0. The zero-order chi connectivity index (χ0) is 20.4. The molecule has 0 bridgehead atoms. The van der Waals surface area contributed by atoms with E-state index in [4.69, 9.17) is 20.9 Å². The van der Waals surface area contributed by atoms with Crippen molar-refractivity contribution in [3.63, 3.8) is 0 Å². The lowest BCUT2D eigenvalue weighted by Crippen LogP contribution is -2.24. The van der Waals surface area contributed by atoms with E-state index in [1.54, 1.807) is 4.90 Å². The largest absolute Gasteiger partial charge is 0.494 e. The van der Waals surface area contributed by atoms with Gasteiger partial charge in [0.05, 0.1) is 17.5 Å². The molecule has 1 unspecified atom stereocenters. The molecule has 0 aliphatic carbocycles. The molecular formula is C21H19ClFN3O3. The van der Waals surface area contributed by atoms with Crippen molar-refractivity contribution in [2.45, 2.75) is 25.8 Å². The second-order valence-electron chi connectivity index (χ2n) is 6.84. The first-order valence-electron chi connectivity index (χ1n) is 9.32. The van der Waals surface area contributed by atoms with Crippen molar-refractivity contribution >= 4 is 17.5 Å². The van der Waals surface area contributed by atoms with E-state index in [-0.39, 0.29) is 16.8 Å². The van der Waals surface area contributed by atoms with Gasteiger partial charge in [-0.05, 0) is 42.8 Å². The maximum absolute atomic E-state index is 13.4. The highest BCUT2D eigenvalue weighted by atomic mass is 35.5. The Labute approximate surface area is 172 Å². The topological polar surface area (TPSA) is 68.5 Å². The van der Waals surface area contributed by atoms with Crippen LogP contribution in [0.3, 0.4) is 0 Å². The zero-order valence-corrected chi connectivity index (χ0v) is 16.5. The zero-order valence-electron chi connectivity index (χ0n) is 15.8. The number of rotatable bonds is 6. The van der Waals surface area contributed by atoms with Crippen LogP contribution < -0.4 is 4.74 Å². The Morgan fingerprint density at radius 2 is 2.17 bits per heavy atom. The molecule has 1 amide bonds. The van der Waals surface area contributed by atoms with Gasteiger partial charge in [-0.15, -0.1) is 0 Å². The second-order valence-corrected chi connectivity index (χ2v) is 7.25. The van der Waals surface area contributed by atoms with Crippen LogP contribution in [0.4, 0.5) is 4.39 Å². The lowest BCUT2D eigenvalue weighted by Gasteiger charge is -2.16. The first-order chi connectivity index (χ1) is 14.0. The summed E-state index contributed by atoms with van der Waals surface area (Å²) in [5.74, 6) is 0.824. The molecule has 0 spiro atoms. The molecule has 1 aliphatic heterocycles. The van der Waals surface area contributed by atoms with Crippen molar-refractivity contribution < 1.29 is 18.4 Å². The third kappa shape index (κ3) is 4.24. The summed E-state index contributed by atoms with van der Waals surface area (Å²) in [4.78, 5) is 18.6. The molecule has 1 fully saturated rings. The normalized spacial score (nSPS) is 16.4. The van der Waals surface area contributed by atoms with Crippen molar-refractivity contribution in [1.82, 2.24) is 15.0 Å². The molecule has 4 rings (SSSR count). The fourth-order valence-corrected chi connectivity index (χ4v) is 3.55. The van der Waals surface area contributed by atoms with Crippen LogP contribution in [0.2, 0.25) is 5.02 Å². The number of nitrogens with zero attached hydrogens (tertiary/aromatic N) is 3. The minimum Gasteiger partial charge on any atom is -0.494 e. The number of halogens is 2. The van der Waals surface area contributed by atoms with Gasteiger partial charge in [-0.25, -0.2) is 4.39 Å². The summed E-state index contributed by atoms with van der Waals surface area (Å²) in [6.07, 6.45) is 0.303. The van der Waals surface area contributed by atoms with E-state index in [0.29, 0.717) is 43.4 Å². The summed E-state index contributed by atoms with van der Waals surface area (Å²) in [5, 5.41) is 3.95. The summed E-state index contributed by atoms with van der Waals surface area (Å²) < 4.78 is 24.2. The van der Waals surface area contributed by atoms with Gasteiger partial charge in [-0.1, -0.05) is 28.9 Å². The number of benzene rings is 2. The molecule has 1 saturated heterocycles. The Kier molecular flexibility index (Phi) is 5.49. The van der Waals surface area contributed by atoms with Gasteiger partial charge in [0, 0.05) is 25.1 Å². The summed E-state index contributed by atoms with van der Waals surface area (Å²) >= 11 is 5.82. The van der Waals surface area contributed by atoms with Crippen molar-refractivity contribution in [3.8, 4) is 17.1 Å². The standard InChI is InChI=1S/C21H19ClFN3O3/c1-2-28-16-5-3-4-13(8-16)11-26-12-15(10-19(26)27)21-24-20(25-29-21)14-6-7-18(23)17(22)9-14/h3-9,15H,2,10-12H2,1H3. The predicted molar refractivity (Wildman–Crippen MR) is 105 cm³/mol. The van der Waals surface area contributed by atoms with Crippen molar-refractivity contribution in [1.29, 1.82) is 0 Å². The number of ether oxygens (including phenoxy) is 1. The molecule has 2 aromatic carbocycles. The minimum absolute atomic E-state index is 0.00893. The van der Waals surface area contributed by atoms with Crippen LogP contribution in [0, 0.1) is 5.82 Å². The van der Waals surface area contributed by atoms with E-state index in [2.05, 4.69) is 10.1 Å². The third-order valence-corrected chi connectivity index (χ3v) is 5.06. The molecule has 0 N–H and O–H groups in total. The highest BCUT2D eigenvalue weighted by Gasteiger charge is 2.34. The highest BCUT2D eigenvalue weighted by Crippen LogP contribution is 2.30. The summed E-state index contributed by atoms with van der Waals surface area (Å²) in [7, 11) is 0. The van der Waals surface area contributed by atoms with Crippen LogP contribution in [0.25, 0.3) is 11.4 Å². The average molecular weight is 416 g/mol. The van der Waals surface area contributed by atoms with Gasteiger partial charge >= 0.3 is 0 Å². The predicted octanol–water partition coefficient (Wildman–Crippen LogP) is 4.44. The summed E-state index contributed by atoms with van der Waals surface area (Å²) in [6, 6.07) is 11.9. The lowest BCUT2D eigenvalue weighted by molar-refractivity contribution is -0.128. The van der Waals surface area contributed by atoms with Crippen LogP contribution in [0.15, 0.2) is 47.0 Å². The third-order valence-electron chi connectivity index (χ3n) is 4.77. The number of hydrogen-bond acceptors (Lipinski definition) is 5. The van der Waals surface area contributed by atoms with Crippen LogP contribution in [0.5, 0.6) is 5.75 Å².